The normalized spacial score (nSPS) is 21.1. The number of rotatable bonds is 1. The SMILES string of the molecule is C[C@@]1(c2cc(C#Cc3ccc(C#N)cc3)ccc2F)C[SH]2(=O)NCCCCN2C(N)=N1.O=C(O)C(F)(F)F. The maximum atomic E-state index is 14.9. The van der Waals surface area contributed by atoms with Crippen molar-refractivity contribution in [1.29, 1.82) is 5.26 Å². The van der Waals surface area contributed by atoms with Crippen LogP contribution in [0.3, 0.4) is 0 Å². The Morgan fingerprint density at radius 2 is 1.74 bits per heavy atom. The van der Waals surface area contributed by atoms with Crippen LogP contribution in [0.25, 0.3) is 0 Å². The van der Waals surface area contributed by atoms with Crippen LogP contribution in [-0.2, 0) is 20.6 Å². The molecule has 13 heteroatoms. The van der Waals surface area contributed by atoms with Gasteiger partial charge in [0, 0.05) is 40.1 Å². The highest BCUT2D eigenvalue weighted by atomic mass is 32.3. The van der Waals surface area contributed by atoms with E-state index in [1.807, 2.05) is 0 Å². The molecule has 202 valence electrons. The Hall–Kier alpha value is -3.94. The number of alkyl halides is 3. The summed E-state index contributed by atoms with van der Waals surface area (Å²) in [7, 11) is -3.01. The number of nitriles is 1. The number of hydrogen-bond donors (Lipinski definition) is 4. The zero-order chi connectivity index (χ0) is 28.1. The van der Waals surface area contributed by atoms with Crippen molar-refractivity contribution in [3.63, 3.8) is 0 Å². The largest absolute Gasteiger partial charge is 0.490 e. The number of nitrogens with two attached hydrogens (primary N) is 1. The van der Waals surface area contributed by atoms with Gasteiger partial charge in [0.25, 0.3) is 0 Å². The Bertz CT molecular complexity index is 1390. The standard InChI is InChI=1S/C23H24FN5OS.C2HF3O2/c1-23(16-31(30)27-12-2-3-13-29(31)22(26)28-23)20-14-18(10-11-21(20)24)7-4-17-5-8-19(15-25)9-6-17;3-2(4,5)1(6)7/h5-6,8-11,14,31H,2-3,12-13,16H2,1H3,(H2,26,28)(H,27,30);(H,6,7)/t23-;/m0./s1. The van der Waals surface area contributed by atoms with E-state index in [4.69, 9.17) is 20.9 Å². The molecule has 0 radical (unpaired) electrons. The van der Waals surface area contributed by atoms with E-state index in [0.717, 1.165) is 18.4 Å². The molecule has 1 atom stereocenters. The van der Waals surface area contributed by atoms with Gasteiger partial charge in [-0.1, -0.05) is 11.8 Å². The number of thiol groups is 1. The average Bonchev–Trinajstić information content (AvgIpc) is 3.04. The van der Waals surface area contributed by atoms with Crippen LogP contribution in [-0.4, -0.2) is 50.6 Å². The van der Waals surface area contributed by atoms with Crippen molar-refractivity contribution in [3.8, 4) is 17.9 Å². The minimum atomic E-state index is -5.08. The van der Waals surface area contributed by atoms with Gasteiger partial charge < -0.3 is 10.8 Å². The van der Waals surface area contributed by atoms with Crippen LogP contribution in [0.1, 0.15) is 42.0 Å². The lowest BCUT2D eigenvalue weighted by Gasteiger charge is -2.45. The molecule has 1 fully saturated rings. The van der Waals surface area contributed by atoms with Gasteiger partial charge in [-0.05, 0) is 62.2 Å². The van der Waals surface area contributed by atoms with E-state index in [0.29, 0.717) is 29.8 Å². The van der Waals surface area contributed by atoms with Crippen LogP contribution in [0.5, 0.6) is 0 Å². The van der Waals surface area contributed by atoms with E-state index in [9.17, 15) is 21.8 Å². The first kappa shape index (κ1) is 28.6. The van der Waals surface area contributed by atoms with Crippen LogP contribution in [0.2, 0.25) is 0 Å². The summed E-state index contributed by atoms with van der Waals surface area (Å²) in [6.45, 7) is 2.98. The highest BCUT2D eigenvalue weighted by Gasteiger charge is 2.43. The Balaban J connectivity index is 0.000000505. The average molecular weight is 552 g/mol. The van der Waals surface area contributed by atoms with Crippen molar-refractivity contribution in [2.45, 2.75) is 31.5 Å². The van der Waals surface area contributed by atoms with E-state index < -0.39 is 33.8 Å². The fourth-order valence-electron chi connectivity index (χ4n) is 4.01. The van der Waals surface area contributed by atoms with Gasteiger partial charge in [0.1, 0.15) is 11.4 Å². The van der Waals surface area contributed by atoms with E-state index in [1.165, 1.54) is 6.07 Å². The van der Waals surface area contributed by atoms with Gasteiger partial charge in [-0.15, -0.1) is 0 Å². The van der Waals surface area contributed by atoms with Crippen molar-refractivity contribution in [3.05, 3.63) is 70.5 Å². The molecule has 4 rings (SSSR count). The summed E-state index contributed by atoms with van der Waals surface area (Å²) in [5.41, 5.74) is 7.38. The number of halogens is 4. The minimum absolute atomic E-state index is 0.157. The predicted molar refractivity (Wildman–Crippen MR) is 135 cm³/mol. The molecule has 0 bridgehead atoms. The molecule has 0 aromatic heterocycles. The number of carboxylic acids is 1. The number of carbonyl (C=O) groups is 1. The Morgan fingerprint density at radius 1 is 1.16 bits per heavy atom. The number of guanidine groups is 1. The summed E-state index contributed by atoms with van der Waals surface area (Å²) in [4.78, 5) is 13.5. The Labute approximate surface area is 217 Å². The number of fused-ring (bicyclic) bond motifs is 1. The molecule has 0 unspecified atom stereocenters. The Kier molecular flexibility index (Phi) is 8.44. The van der Waals surface area contributed by atoms with Crippen molar-refractivity contribution in [1.82, 2.24) is 9.03 Å². The molecule has 0 spiro atoms. The van der Waals surface area contributed by atoms with E-state index in [1.54, 1.807) is 47.6 Å². The summed E-state index contributed by atoms with van der Waals surface area (Å²) in [5, 5.41) is 16.0. The van der Waals surface area contributed by atoms with Gasteiger partial charge in [-0.25, -0.2) is 18.9 Å². The molecule has 0 saturated carbocycles. The van der Waals surface area contributed by atoms with Crippen LogP contribution < -0.4 is 10.5 Å². The molecular weight excluding hydrogens is 526 g/mol. The molecule has 2 aliphatic heterocycles. The van der Waals surface area contributed by atoms with E-state index in [-0.39, 0.29) is 11.7 Å². The number of carboxylic acid groups (broad SMARTS) is 1. The Morgan fingerprint density at radius 3 is 2.34 bits per heavy atom. The molecule has 8 nitrogen and oxygen atoms in total. The molecular formula is C25H25F4N5O3S. The number of aliphatic carboxylic acids is 1. The molecule has 0 amide bonds. The van der Waals surface area contributed by atoms with Crippen molar-refractivity contribution >= 4 is 22.2 Å². The number of hydrogen-bond acceptors (Lipinski definition) is 5. The molecule has 4 N–H and O–H groups in total. The van der Waals surface area contributed by atoms with Crippen molar-refractivity contribution in [2.24, 2.45) is 10.7 Å². The quantitative estimate of drug-likeness (QED) is 0.246. The smallest absolute Gasteiger partial charge is 0.475 e. The third-order valence-electron chi connectivity index (χ3n) is 5.85. The molecule has 38 heavy (non-hydrogen) atoms. The fourth-order valence-corrected chi connectivity index (χ4v) is 6.88. The lowest BCUT2D eigenvalue weighted by Crippen LogP contribution is -2.60. The third-order valence-corrected chi connectivity index (χ3v) is 8.79. The van der Waals surface area contributed by atoms with Crippen LogP contribution in [0, 0.1) is 29.0 Å². The van der Waals surface area contributed by atoms with Gasteiger partial charge in [0.15, 0.2) is 0 Å². The molecule has 2 aromatic carbocycles. The summed E-state index contributed by atoms with van der Waals surface area (Å²) < 4.78 is 65.1. The van der Waals surface area contributed by atoms with Gasteiger partial charge in [-0.2, -0.15) is 18.4 Å². The first-order chi connectivity index (χ1) is 17.8. The summed E-state index contributed by atoms with van der Waals surface area (Å²) in [6.07, 6.45) is -3.31. The van der Waals surface area contributed by atoms with Crippen LogP contribution in [0.15, 0.2) is 47.5 Å². The van der Waals surface area contributed by atoms with Crippen LogP contribution >= 0.6 is 0 Å². The second kappa shape index (κ2) is 11.2. The topological polar surface area (TPSA) is 132 Å². The highest BCUT2D eigenvalue weighted by Crippen LogP contribution is 2.36. The number of benzene rings is 2. The van der Waals surface area contributed by atoms with Gasteiger partial charge in [0.05, 0.1) is 17.4 Å². The fraction of sp³-hybridized carbons (Fsp3) is 0.320. The molecule has 2 aromatic rings. The second-order valence-electron chi connectivity index (χ2n) is 8.78. The lowest BCUT2D eigenvalue weighted by atomic mass is 9.92. The van der Waals surface area contributed by atoms with Crippen molar-refractivity contribution < 1.29 is 31.7 Å². The highest BCUT2D eigenvalue weighted by molar-refractivity contribution is 7.99. The molecule has 1 saturated heterocycles. The molecule has 2 aliphatic rings. The van der Waals surface area contributed by atoms with Crippen LogP contribution in [0.4, 0.5) is 17.6 Å². The number of nitrogens with zero attached hydrogens (tertiary/aromatic N) is 3. The van der Waals surface area contributed by atoms with Gasteiger partial charge >= 0.3 is 12.1 Å². The van der Waals surface area contributed by atoms with E-state index >= 15 is 0 Å². The summed E-state index contributed by atoms with van der Waals surface area (Å²) in [6, 6.07) is 13.6. The van der Waals surface area contributed by atoms with E-state index in [2.05, 4.69) is 27.6 Å². The zero-order valence-corrected chi connectivity index (χ0v) is 21.1. The van der Waals surface area contributed by atoms with Gasteiger partial charge in [0.2, 0.25) is 5.96 Å². The molecule has 0 aliphatic carbocycles. The molecule has 2 heterocycles. The first-order valence-electron chi connectivity index (χ1n) is 11.4. The second-order valence-corrected chi connectivity index (χ2v) is 11.3. The van der Waals surface area contributed by atoms with Crippen molar-refractivity contribution in [2.75, 3.05) is 18.8 Å². The summed E-state index contributed by atoms with van der Waals surface area (Å²) >= 11 is 0. The monoisotopic (exact) mass is 551 g/mol. The first-order valence-corrected chi connectivity index (χ1v) is 13.2. The third kappa shape index (κ3) is 6.68. The minimum Gasteiger partial charge on any atom is -0.475 e. The maximum Gasteiger partial charge on any atom is 0.490 e. The number of nitrogens with one attached hydrogen (secondary N) is 1. The summed E-state index contributed by atoms with van der Waals surface area (Å²) in [5.74, 6) is 3.21. The lowest BCUT2D eigenvalue weighted by molar-refractivity contribution is -0.192. The predicted octanol–water partition coefficient (Wildman–Crippen LogP) is 2.81. The number of aliphatic imine (C=N–C) groups is 1. The maximum absolute atomic E-state index is 14.9. The van der Waals surface area contributed by atoms with Gasteiger partial charge in [-0.3, -0.25) is 8.51 Å². The zero-order valence-electron chi connectivity index (χ0n) is 20.2.